The molecule has 0 radical (unpaired) electrons. The number of aromatic nitrogens is 1. The average Bonchev–Trinajstić information content (AvgIpc) is 3.06. The van der Waals surface area contributed by atoms with Gasteiger partial charge in [-0.3, -0.25) is 0 Å². The number of anilines is 1. The number of nitrogens with zero attached hydrogens (tertiary/aromatic N) is 1. The Balaban J connectivity index is 2.50. The molecule has 0 atom stereocenters. The van der Waals surface area contributed by atoms with E-state index in [0.29, 0.717) is 11.4 Å². The molecule has 0 amide bonds. The van der Waals surface area contributed by atoms with Crippen molar-refractivity contribution in [3.63, 3.8) is 0 Å². The van der Waals surface area contributed by atoms with E-state index >= 15 is 0 Å². The van der Waals surface area contributed by atoms with E-state index < -0.39 is 28.7 Å². The van der Waals surface area contributed by atoms with Crippen LogP contribution in [0.25, 0.3) is 0 Å². The maximum atomic E-state index is 11.4. The van der Waals surface area contributed by atoms with Crippen molar-refractivity contribution in [1.29, 1.82) is 0 Å². The SMILES string of the molecule is CCC[CH2][Sn]([CH2]CCC)([CH2]CCC)[c]1cncc2c1CC(=S(=O)=O)N2. The molecule has 0 unspecified atom stereocenters. The monoisotopic (exact) mass is 472 g/mol. The molecule has 1 N–H and O–H groups in total. The van der Waals surface area contributed by atoms with Gasteiger partial charge in [0.1, 0.15) is 0 Å². The van der Waals surface area contributed by atoms with Crippen LogP contribution in [0.2, 0.25) is 13.3 Å². The Labute approximate surface area is 158 Å². The summed E-state index contributed by atoms with van der Waals surface area (Å²) >= 11 is -2.59. The molecule has 6 heteroatoms. The van der Waals surface area contributed by atoms with Crippen molar-refractivity contribution in [2.45, 2.75) is 79.0 Å². The van der Waals surface area contributed by atoms with Crippen LogP contribution in [0.5, 0.6) is 0 Å². The number of hydrogen-bond donors (Lipinski definition) is 1. The normalized spacial score (nSPS) is 13.6. The number of rotatable bonds is 10. The van der Waals surface area contributed by atoms with E-state index in [9.17, 15) is 8.42 Å². The van der Waals surface area contributed by atoms with Crippen LogP contribution in [0, 0.1) is 0 Å². The molecule has 0 saturated carbocycles. The van der Waals surface area contributed by atoms with Crippen LogP contribution in [0.15, 0.2) is 12.4 Å². The van der Waals surface area contributed by atoms with Gasteiger partial charge in [-0.05, 0) is 0 Å². The van der Waals surface area contributed by atoms with Gasteiger partial charge in [0, 0.05) is 0 Å². The number of nitrogens with one attached hydrogen (secondary N) is 1. The molecular formula is C19H32N2O2SSn. The zero-order chi connectivity index (χ0) is 18.3. The van der Waals surface area contributed by atoms with Gasteiger partial charge in [-0.25, -0.2) is 0 Å². The Bertz CT molecular complexity index is 686. The predicted octanol–water partition coefficient (Wildman–Crippen LogP) is 4.11. The van der Waals surface area contributed by atoms with E-state index in [1.54, 1.807) is 6.20 Å². The van der Waals surface area contributed by atoms with Gasteiger partial charge in [0.15, 0.2) is 0 Å². The Morgan fingerprint density at radius 3 is 2.04 bits per heavy atom. The summed E-state index contributed by atoms with van der Waals surface area (Å²) in [5.74, 6) is 0. The Morgan fingerprint density at radius 2 is 1.56 bits per heavy atom. The molecule has 1 aliphatic rings. The Hall–Kier alpha value is -0.561. The first-order valence-electron chi connectivity index (χ1n) is 9.77. The van der Waals surface area contributed by atoms with Crippen LogP contribution >= 0.6 is 0 Å². The molecule has 2 heterocycles. The van der Waals surface area contributed by atoms with E-state index in [1.165, 1.54) is 61.0 Å². The summed E-state index contributed by atoms with van der Waals surface area (Å²) in [4.78, 5) is 4.92. The summed E-state index contributed by atoms with van der Waals surface area (Å²) in [5, 5.41) is 3.09. The number of fused-ring (bicyclic) bond motifs is 1. The first-order valence-corrected chi connectivity index (χ1v) is 18.3. The topological polar surface area (TPSA) is 59.1 Å². The molecule has 0 spiro atoms. The maximum absolute atomic E-state index is 11.4. The summed E-state index contributed by atoms with van der Waals surface area (Å²) in [6, 6.07) is 0. The minimum absolute atomic E-state index is 0.408. The number of unbranched alkanes of at least 4 members (excludes halogenated alkanes) is 3. The van der Waals surface area contributed by atoms with Crippen LogP contribution < -0.4 is 8.90 Å². The molecule has 0 saturated heterocycles. The summed E-state index contributed by atoms with van der Waals surface area (Å²) in [6.45, 7) is 6.83. The zero-order valence-corrected chi connectivity index (χ0v) is 19.6. The number of hydrogen-bond acceptors (Lipinski definition) is 3. The third-order valence-corrected chi connectivity index (χ3v) is 21.8. The quantitative estimate of drug-likeness (QED) is 0.412. The molecule has 0 aliphatic carbocycles. The predicted molar refractivity (Wildman–Crippen MR) is 110 cm³/mol. The summed E-state index contributed by atoms with van der Waals surface area (Å²) in [5.41, 5.74) is 2.18. The third-order valence-electron chi connectivity index (χ3n) is 5.47. The van der Waals surface area contributed by atoms with Gasteiger partial charge in [-0.15, -0.1) is 0 Å². The molecular weight excluding hydrogens is 439 g/mol. The molecule has 4 nitrogen and oxygen atoms in total. The molecule has 0 bridgehead atoms. The average molecular weight is 471 g/mol. The molecule has 0 fully saturated rings. The van der Waals surface area contributed by atoms with Crippen molar-refractivity contribution < 1.29 is 8.42 Å². The van der Waals surface area contributed by atoms with Crippen LogP contribution in [0.1, 0.15) is 64.9 Å². The second-order valence-electron chi connectivity index (χ2n) is 7.26. The minimum atomic E-state index is -2.59. The van der Waals surface area contributed by atoms with Crippen LogP contribution in [-0.2, 0) is 16.7 Å². The van der Waals surface area contributed by atoms with Crippen LogP contribution in [-0.4, -0.2) is 36.8 Å². The fraction of sp³-hybridized carbons (Fsp3) is 0.684. The van der Waals surface area contributed by atoms with Crippen molar-refractivity contribution >= 4 is 42.9 Å². The van der Waals surface area contributed by atoms with E-state index in [1.807, 2.05) is 0 Å². The first kappa shape index (κ1) is 20.7. The molecule has 0 aromatic carbocycles. The molecule has 140 valence electrons. The van der Waals surface area contributed by atoms with Crippen molar-refractivity contribution in [3.05, 3.63) is 18.0 Å². The fourth-order valence-electron chi connectivity index (χ4n) is 4.02. The van der Waals surface area contributed by atoms with Crippen molar-refractivity contribution in [3.8, 4) is 0 Å². The van der Waals surface area contributed by atoms with E-state index in [0.717, 1.165) is 5.69 Å². The van der Waals surface area contributed by atoms with Crippen LogP contribution in [0.4, 0.5) is 5.69 Å². The summed E-state index contributed by atoms with van der Waals surface area (Å²) < 4.78 is 28.5. The Morgan fingerprint density at radius 1 is 1.00 bits per heavy atom. The van der Waals surface area contributed by atoms with Crippen molar-refractivity contribution in [2.24, 2.45) is 0 Å². The molecule has 25 heavy (non-hydrogen) atoms. The van der Waals surface area contributed by atoms with Gasteiger partial charge in [0.2, 0.25) is 0 Å². The Kier molecular flexibility index (Phi) is 8.26. The standard InChI is InChI=1S/C7H5N2O2S.3C4H9.Sn/c10-12(11)7-3-5-1-2-8-4-6(5)9-7;3*1-3-4-2;/h2,4,9H,3H2;3*1,3-4H2,2H3;. The second-order valence-corrected chi connectivity index (χ2v) is 21.4. The van der Waals surface area contributed by atoms with Gasteiger partial charge in [0.05, 0.1) is 0 Å². The van der Waals surface area contributed by atoms with Crippen molar-refractivity contribution in [1.82, 2.24) is 4.98 Å². The van der Waals surface area contributed by atoms with Crippen LogP contribution in [0.3, 0.4) is 0 Å². The van der Waals surface area contributed by atoms with Gasteiger partial charge in [-0.1, -0.05) is 0 Å². The van der Waals surface area contributed by atoms with E-state index in [2.05, 4.69) is 37.3 Å². The van der Waals surface area contributed by atoms with Gasteiger partial charge in [-0.2, -0.15) is 0 Å². The van der Waals surface area contributed by atoms with E-state index in [-0.39, 0.29) is 0 Å². The molecule has 1 aromatic rings. The zero-order valence-electron chi connectivity index (χ0n) is 15.9. The number of pyridine rings is 1. The van der Waals surface area contributed by atoms with Gasteiger partial charge < -0.3 is 0 Å². The summed E-state index contributed by atoms with van der Waals surface area (Å²) in [6.07, 6.45) is 12.0. The van der Waals surface area contributed by atoms with Crippen molar-refractivity contribution in [2.75, 3.05) is 5.32 Å². The molecule has 1 aromatic heterocycles. The van der Waals surface area contributed by atoms with Gasteiger partial charge in [0.25, 0.3) is 0 Å². The first-order chi connectivity index (χ1) is 12.1. The molecule has 2 rings (SSSR count). The second kappa shape index (κ2) is 9.95. The van der Waals surface area contributed by atoms with Gasteiger partial charge >= 0.3 is 159 Å². The van der Waals surface area contributed by atoms with E-state index in [4.69, 9.17) is 0 Å². The fourth-order valence-corrected chi connectivity index (χ4v) is 21.2. The molecule has 1 aliphatic heterocycles. The third kappa shape index (κ3) is 5.00. The summed E-state index contributed by atoms with van der Waals surface area (Å²) in [7, 11) is -2.17.